The Labute approximate surface area is 107 Å². The van der Waals surface area contributed by atoms with Crippen molar-refractivity contribution in [3.8, 4) is 0 Å². The summed E-state index contributed by atoms with van der Waals surface area (Å²) in [7, 11) is 0. The lowest BCUT2D eigenvalue weighted by Gasteiger charge is -2.20. The lowest BCUT2D eigenvalue weighted by atomic mass is 10.2. The standard InChI is InChI=1S/C13H19NO4/c1-4-7-14(9-11(15)17-5-2)13(16)12-10(3)6-8-18-12/h6,8H,4-5,7,9H2,1-3H3. The molecule has 1 aromatic rings. The van der Waals surface area contributed by atoms with Crippen LogP contribution in [0.5, 0.6) is 0 Å². The summed E-state index contributed by atoms with van der Waals surface area (Å²) in [6.07, 6.45) is 2.24. The number of aryl methyl sites for hydroxylation is 1. The van der Waals surface area contributed by atoms with Crippen LogP contribution >= 0.6 is 0 Å². The highest BCUT2D eigenvalue weighted by atomic mass is 16.5. The number of rotatable bonds is 6. The van der Waals surface area contributed by atoms with Crippen molar-refractivity contribution in [2.45, 2.75) is 27.2 Å². The molecule has 1 rings (SSSR count). The minimum atomic E-state index is -0.400. The van der Waals surface area contributed by atoms with Crippen LogP contribution in [0.4, 0.5) is 0 Å². The van der Waals surface area contributed by atoms with Gasteiger partial charge in [-0.15, -0.1) is 0 Å². The first-order valence-corrected chi connectivity index (χ1v) is 6.09. The van der Waals surface area contributed by atoms with Crippen LogP contribution in [0.1, 0.15) is 36.4 Å². The third kappa shape index (κ3) is 3.61. The molecule has 0 aliphatic rings. The van der Waals surface area contributed by atoms with Gasteiger partial charge in [-0.05, 0) is 26.3 Å². The van der Waals surface area contributed by atoms with Gasteiger partial charge in [-0.3, -0.25) is 9.59 Å². The molecule has 100 valence electrons. The molecule has 1 aromatic heterocycles. The number of hydrogen-bond donors (Lipinski definition) is 0. The zero-order valence-electron chi connectivity index (χ0n) is 11.1. The van der Waals surface area contributed by atoms with Gasteiger partial charge in [0.25, 0.3) is 5.91 Å². The number of nitrogens with zero attached hydrogens (tertiary/aromatic N) is 1. The van der Waals surface area contributed by atoms with E-state index in [-0.39, 0.29) is 18.2 Å². The van der Waals surface area contributed by atoms with E-state index in [4.69, 9.17) is 9.15 Å². The van der Waals surface area contributed by atoms with Gasteiger partial charge in [-0.1, -0.05) is 6.92 Å². The van der Waals surface area contributed by atoms with Gasteiger partial charge in [-0.25, -0.2) is 0 Å². The Morgan fingerprint density at radius 1 is 1.39 bits per heavy atom. The topological polar surface area (TPSA) is 59.8 Å². The number of ether oxygens (including phenoxy) is 1. The van der Waals surface area contributed by atoms with E-state index in [0.29, 0.717) is 13.2 Å². The Balaban J connectivity index is 2.75. The molecule has 0 aliphatic heterocycles. The Hall–Kier alpha value is -1.78. The van der Waals surface area contributed by atoms with Crippen LogP contribution in [-0.4, -0.2) is 36.5 Å². The minimum absolute atomic E-state index is 0.0410. The zero-order valence-corrected chi connectivity index (χ0v) is 11.1. The Bertz CT molecular complexity index is 411. The third-order valence-electron chi connectivity index (χ3n) is 2.46. The second-order valence-corrected chi connectivity index (χ2v) is 3.96. The molecule has 5 heteroatoms. The Morgan fingerprint density at radius 3 is 2.61 bits per heavy atom. The van der Waals surface area contributed by atoms with Gasteiger partial charge in [0, 0.05) is 12.1 Å². The van der Waals surface area contributed by atoms with Gasteiger partial charge < -0.3 is 14.1 Å². The maximum absolute atomic E-state index is 12.2. The predicted octanol–water partition coefficient (Wildman–Crippen LogP) is 2.00. The lowest BCUT2D eigenvalue weighted by Crippen LogP contribution is -2.37. The van der Waals surface area contributed by atoms with Crippen molar-refractivity contribution in [3.63, 3.8) is 0 Å². The highest BCUT2D eigenvalue weighted by Crippen LogP contribution is 2.12. The van der Waals surface area contributed by atoms with Crippen LogP contribution in [-0.2, 0) is 9.53 Å². The van der Waals surface area contributed by atoms with Crippen molar-refractivity contribution >= 4 is 11.9 Å². The molecule has 0 atom stereocenters. The van der Waals surface area contributed by atoms with Crippen LogP contribution in [0.25, 0.3) is 0 Å². The van der Waals surface area contributed by atoms with E-state index in [1.165, 1.54) is 11.2 Å². The first-order chi connectivity index (χ1) is 8.60. The summed E-state index contributed by atoms with van der Waals surface area (Å²) in [5, 5.41) is 0. The molecule has 0 fully saturated rings. The van der Waals surface area contributed by atoms with Crippen molar-refractivity contribution in [3.05, 3.63) is 23.7 Å². The van der Waals surface area contributed by atoms with Crippen molar-refractivity contribution < 1.29 is 18.7 Å². The molecule has 0 bridgehead atoms. The molecule has 0 spiro atoms. The number of carbonyl (C=O) groups excluding carboxylic acids is 2. The van der Waals surface area contributed by atoms with Gasteiger partial charge in [0.05, 0.1) is 12.9 Å². The molecule has 0 saturated carbocycles. The quantitative estimate of drug-likeness (QED) is 0.727. The zero-order chi connectivity index (χ0) is 13.5. The van der Waals surface area contributed by atoms with Gasteiger partial charge in [0.2, 0.25) is 0 Å². The molecular formula is C13H19NO4. The fourth-order valence-corrected chi connectivity index (χ4v) is 1.62. The number of amides is 1. The van der Waals surface area contributed by atoms with Crippen LogP contribution in [0, 0.1) is 6.92 Å². The fourth-order valence-electron chi connectivity index (χ4n) is 1.62. The summed E-state index contributed by atoms with van der Waals surface area (Å²) in [4.78, 5) is 25.1. The average Bonchev–Trinajstić information content (AvgIpc) is 2.74. The number of esters is 1. The van der Waals surface area contributed by atoms with Gasteiger partial charge in [0.15, 0.2) is 5.76 Å². The molecule has 0 N–H and O–H groups in total. The molecule has 0 aliphatic carbocycles. The monoisotopic (exact) mass is 253 g/mol. The summed E-state index contributed by atoms with van der Waals surface area (Å²) >= 11 is 0. The van der Waals surface area contributed by atoms with Crippen LogP contribution < -0.4 is 0 Å². The number of furan rings is 1. The lowest BCUT2D eigenvalue weighted by molar-refractivity contribution is -0.143. The van der Waals surface area contributed by atoms with Crippen LogP contribution in [0.15, 0.2) is 16.7 Å². The van der Waals surface area contributed by atoms with Gasteiger partial charge >= 0.3 is 5.97 Å². The molecule has 0 saturated heterocycles. The van der Waals surface area contributed by atoms with E-state index in [1.807, 2.05) is 6.92 Å². The second-order valence-electron chi connectivity index (χ2n) is 3.96. The summed E-state index contributed by atoms with van der Waals surface area (Å²) in [6.45, 7) is 6.25. The minimum Gasteiger partial charge on any atom is -0.465 e. The van der Waals surface area contributed by atoms with Gasteiger partial charge in [-0.2, -0.15) is 0 Å². The van der Waals surface area contributed by atoms with Crippen LogP contribution in [0.2, 0.25) is 0 Å². The Kier molecular flexibility index (Phi) is 5.42. The van der Waals surface area contributed by atoms with E-state index < -0.39 is 5.97 Å². The van der Waals surface area contributed by atoms with E-state index in [0.717, 1.165) is 12.0 Å². The average molecular weight is 253 g/mol. The highest BCUT2D eigenvalue weighted by molar-refractivity contribution is 5.94. The molecule has 5 nitrogen and oxygen atoms in total. The van der Waals surface area contributed by atoms with Crippen molar-refractivity contribution in [2.75, 3.05) is 19.7 Å². The van der Waals surface area contributed by atoms with Crippen molar-refractivity contribution in [1.82, 2.24) is 4.90 Å². The first kappa shape index (κ1) is 14.3. The summed E-state index contributed by atoms with van der Waals surface area (Å²) in [5.41, 5.74) is 0.768. The normalized spacial score (nSPS) is 10.2. The fraction of sp³-hybridized carbons (Fsp3) is 0.538. The largest absolute Gasteiger partial charge is 0.465 e. The SMILES string of the molecule is CCCN(CC(=O)OCC)C(=O)c1occc1C. The molecular weight excluding hydrogens is 234 g/mol. The highest BCUT2D eigenvalue weighted by Gasteiger charge is 2.22. The first-order valence-electron chi connectivity index (χ1n) is 6.09. The van der Waals surface area contributed by atoms with Crippen LogP contribution in [0.3, 0.4) is 0 Å². The van der Waals surface area contributed by atoms with E-state index in [2.05, 4.69) is 0 Å². The molecule has 0 aromatic carbocycles. The number of hydrogen-bond acceptors (Lipinski definition) is 4. The second kappa shape index (κ2) is 6.83. The van der Waals surface area contributed by atoms with Gasteiger partial charge in [0.1, 0.15) is 6.54 Å². The summed E-state index contributed by atoms with van der Waals surface area (Å²) in [5.74, 6) is -0.385. The molecule has 1 amide bonds. The third-order valence-corrected chi connectivity index (χ3v) is 2.46. The van der Waals surface area contributed by atoms with Crippen molar-refractivity contribution in [1.29, 1.82) is 0 Å². The van der Waals surface area contributed by atoms with E-state index in [1.54, 1.807) is 19.9 Å². The van der Waals surface area contributed by atoms with Crippen molar-refractivity contribution in [2.24, 2.45) is 0 Å². The molecule has 18 heavy (non-hydrogen) atoms. The predicted molar refractivity (Wildman–Crippen MR) is 66.3 cm³/mol. The summed E-state index contributed by atoms with van der Waals surface area (Å²) in [6, 6.07) is 1.72. The smallest absolute Gasteiger partial charge is 0.325 e. The molecule has 1 heterocycles. The Morgan fingerprint density at radius 2 is 2.11 bits per heavy atom. The molecule has 0 radical (unpaired) electrons. The number of carbonyl (C=O) groups is 2. The maximum atomic E-state index is 12.2. The van der Waals surface area contributed by atoms with E-state index >= 15 is 0 Å². The van der Waals surface area contributed by atoms with E-state index in [9.17, 15) is 9.59 Å². The summed E-state index contributed by atoms with van der Waals surface area (Å²) < 4.78 is 10.0. The molecule has 0 unspecified atom stereocenters. The maximum Gasteiger partial charge on any atom is 0.325 e.